The van der Waals surface area contributed by atoms with Crippen LogP contribution in [0.15, 0.2) is 91.0 Å². The highest BCUT2D eigenvalue weighted by Gasteiger charge is 2.26. The molecule has 0 unspecified atom stereocenters. The number of fused-ring (bicyclic) bond motifs is 5. The van der Waals surface area contributed by atoms with E-state index in [2.05, 4.69) is 88.0 Å². The predicted molar refractivity (Wildman–Crippen MR) is 125 cm³/mol. The third-order valence-electron chi connectivity index (χ3n) is 6.18. The summed E-state index contributed by atoms with van der Waals surface area (Å²) in [6.07, 6.45) is 1.04. The summed E-state index contributed by atoms with van der Waals surface area (Å²) in [5.41, 5.74) is 9.16. The Morgan fingerprint density at radius 3 is 2.43 bits per heavy atom. The van der Waals surface area contributed by atoms with Gasteiger partial charge in [-0.3, -0.25) is 0 Å². The topological polar surface area (TPSA) is 9.86 Å². The normalized spacial score (nSPS) is 12.7. The number of aryl methyl sites for hydroxylation is 1. The minimum Gasteiger partial charge on any atom is -0.339 e. The maximum atomic E-state index is 6.29. The molecule has 0 fully saturated rings. The maximum Gasteiger partial charge on any atom is 0.0695 e. The van der Waals surface area contributed by atoms with Crippen molar-refractivity contribution in [1.82, 2.24) is 9.13 Å². The fourth-order valence-corrected chi connectivity index (χ4v) is 5.12. The van der Waals surface area contributed by atoms with Crippen molar-refractivity contribution in [1.29, 1.82) is 0 Å². The summed E-state index contributed by atoms with van der Waals surface area (Å²) in [7, 11) is 0. The molecule has 0 spiro atoms. The molecule has 0 bridgehead atoms. The number of para-hydroxylation sites is 1. The summed E-state index contributed by atoms with van der Waals surface area (Å²) in [5.74, 6) is 0. The molecule has 6 rings (SSSR count). The van der Waals surface area contributed by atoms with Gasteiger partial charge in [0, 0.05) is 34.7 Å². The summed E-state index contributed by atoms with van der Waals surface area (Å²) >= 11 is 6.29. The monoisotopic (exact) mass is 408 g/mol. The number of aromatic nitrogens is 2. The van der Waals surface area contributed by atoms with Crippen LogP contribution in [-0.2, 0) is 19.5 Å². The maximum absolute atomic E-state index is 6.29. The van der Waals surface area contributed by atoms with E-state index in [1.54, 1.807) is 0 Å². The van der Waals surface area contributed by atoms with Crippen molar-refractivity contribution in [3.63, 3.8) is 0 Å². The van der Waals surface area contributed by atoms with Gasteiger partial charge >= 0.3 is 0 Å². The van der Waals surface area contributed by atoms with Crippen LogP contribution in [0.25, 0.3) is 33.5 Å². The summed E-state index contributed by atoms with van der Waals surface area (Å²) in [6.45, 7) is 1.81. The molecule has 0 radical (unpaired) electrons. The lowest BCUT2D eigenvalue weighted by Crippen LogP contribution is -2.14. The van der Waals surface area contributed by atoms with Crippen LogP contribution in [0.5, 0.6) is 0 Å². The van der Waals surface area contributed by atoms with Crippen molar-refractivity contribution < 1.29 is 0 Å². The molecule has 1 aliphatic rings. The standard InChI is InChI=1S/C27H21ClN2/c28-21-10-6-7-19(17-21)18-30-25-12-5-4-11-22(25)23-15-16-29-24(13-14-26(29)27(23)30)20-8-2-1-3-9-20/h1-14,17H,15-16,18H2. The van der Waals surface area contributed by atoms with E-state index in [9.17, 15) is 0 Å². The van der Waals surface area contributed by atoms with Gasteiger partial charge in [0.15, 0.2) is 0 Å². The minimum absolute atomic E-state index is 0.785. The van der Waals surface area contributed by atoms with Gasteiger partial charge in [-0.05, 0) is 53.4 Å². The Bertz CT molecular complexity index is 1380. The lowest BCUT2D eigenvalue weighted by Gasteiger charge is -2.22. The summed E-state index contributed by atoms with van der Waals surface area (Å²) < 4.78 is 4.95. The van der Waals surface area contributed by atoms with E-state index in [0.717, 1.165) is 24.5 Å². The third kappa shape index (κ3) is 2.72. The number of nitrogens with zero attached hydrogens (tertiary/aromatic N) is 2. The third-order valence-corrected chi connectivity index (χ3v) is 6.42. The lowest BCUT2D eigenvalue weighted by molar-refractivity contribution is 0.683. The molecule has 3 aromatic carbocycles. The van der Waals surface area contributed by atoms with Gasteiger partial charge in [-0.15, -0.1) is 0 Å². The molecule has 0 atom stereocenters. The zero-order valence-corrected chi connectivity index (χ0v) is 17.3. The van der Waals surface area contributed by atoms with Crippen LogP contribution >= 0.6 is 11.6 Å². The molecule has 3 heterocycles. The van der Waals surface area contributed by atoms with Crippen LogP contribution in [0.2, 0.25) is 5.02 Å². The number of hydrogen-bond donors (Lipinski definition) is 0. The van der Waals surface area contributed by atoms with Gasteiger partial charge in [0.05, 0.1) is 11.4 Å². The molecule has 2 nitrogen and oxygen atoms in total. The molecule has 2 aromatic heterocycles. The van der Waals surface area contributed by atoms with Gasteiger partial charge in [-0.2, -0.15) is 0 Å². The highest BCUT2D eigenvalue weighted by molar-refractivity contribution is 6.30. The first-order valence-corrected chi connectivity index (χ1v) is 10.8. The van der Waals surface area contributed by atoms with Gasteiger partial charge in [0.25, 0.3) is 0 Å². The number of benzene rings is 3. The summed E-state index contributed by atoms with van der Waals surface area (Å²) in [4.78, 5) is 0. The molecular formula is C27H21ClN2. The minimum atomic E-state index is 0.785. The van der Waals surface area contributed by atoms with Crippen LogP contribution in [0.4, 0.5) is 0 Å². The average Bonchev–Trinajstić information content (AvgIpc) is 3.34. The summed E-state index contributed by atoms with van der Waals surface area (Å²) in [6, 6.07) is 32.2. The Morgan fingerprint density at radius 1 is 0.767 bits per heavy atom. The Balaban J connectivity index is 1.58. The van der Waals surface area contributed by atoms with Crippen LogP contribution in [-0.4, -0.2) is 9.13 Å². The van der Waals surface area contributed by atoms with E-state index in [-0.39, 0.29) is 0 Å². The quantitative estimate of drug-likeness (QED) is 0.303. The Hall–Kier alpha value is -3.23. The van der Waals surface area contributed by atoms with Crippen molar-refractivity contribution in [2.45, 2.75) is 19.5 Å². The van der Waals surface area contributed by atoms with E-state index in [0.29, 0.717) is 0 Å². The van der Waals surface area contributed by atoms with Crippen molar-refractivity contribution in [2.75, 3.05) is 0 Å². The zero-order valence-electron chi connectivity index (χ0n) is 16.6. The van der Waals surface area contributed by atoms with Crippen molar-refractivity contribution in [2.24, 2.45) is 0 Å². The largest absolute Gasteiger partial charge is 0.339 e. The second kappa shape index (κ2) is 6.93. The summed E-state index contributed by atoms with van der Waals surface area (Å²) in [5, 5.41) is 2.15. The molecule has 146 valence electrons. The SMILES string of the molecule is Clc1cccc(Cn2c3c(c4ccccc42)CCn2c(-c4ccccc4)ccc2-3)c1. The Kier molecular flexibility index (Phi) is 4.07. The molecule has 0 amide bonds. The number of hydrogen-bond acceptors (Lipinski definition) is 0. The van der Waals surface area contributed by atoms with E-state index in [1.807, 2.05) is 12.1 Å². The number of rotatable bonds is 3. The highest BCUT2D eigenvalue weighted by atomic mass is 35.5. The molecule has 0 aliphatic carbocycles. The molecule has 30 heavy (non-hydrogen) atoms. The molecule has 0 saturated carbocycles. The highest BCUT2D eigenvalue weighted by Crippen LogP contribution is 2.40. The lowest BCUT2D eigenvalue weighted by atomic mass is 10.0. The van der Waals surface area contributed by atoms with Gasteiger partial charge in [-0.25, -0.2) is 0 Å². The van der Waals surface area contributed by atoms with E-state index in [4.69, 9.17) is 11.6 Å². The van der Waals surface area contributed by atoms with Crippen LogP contribution in [0, 0.1) is 0 Å². The molecule has 0 saturated heterocycles. The first kappa shape index (κ1) is 17.6. The van der Waals surface area contributed by atoms with Gasteiger partial charge in [0.1, 0.15) is 0 Å². The van der Waals surface area contributed by atoms with Gasteiger partial charge < -0.3 is 9.13 Å². The second-order valence-corrected chi connectivity index (χ2v) is 8.37. The fraction of sp³-hybridized carbons (Fsp3) is 0.111. The smallest absolute Gasteiger partial charge is 0.0695 e. The first-order chi connectivity index (χ1) is 14.8. The van der Waals surface area contributed by atoms with Crippen molar-refractivity contribution >= 4 is 22.5 Å². The molecular weight excluding hydrogens is 388 g/mol. The fourth-order valence-electron chi connectivity index (χ4n) is 4.90. The number of halogens is 1. The van der Waals surface area contributed by atoms with Crippen molar-refractivity contribution in [3.8, 4) is 22.6 Å². The van der Waals surface area contributed by atoms with Crippen LogP contribution in [0.1, 0.15) is 11.1 Å². The first-order valence-electron chi connectivity index (χ1n) is 10.4. The van der Waals surface area contributed by atoms with Crippen LogP contribution < -0.4 is 0 Å². The Morgan fingerprint density at radius 2 is 1.57 bits per heavy atom. The van der Waals surface area contributed by atoms with Crippen molar-refractivity contribution in [3.05, 3.63) is 107 Å². The van der Waals surface area contributed by atoms with Gasteiger partial charge in [0.2, 0.25) is 0 Å². The molecule has 1 aliphatic heterocycles. The van der Waals surface area contributed by atoms with Crippen LogP contribution in [0.3, 0.4) is 0 Å². The van der Waals surface area contributed by atoms with E-state index < -0.39 is 0 Å². The Labute approximate surface area is 181 Å². The van der Waals surface area contributed by atoms with Gasteiger partial charge in [-0.1, -0.05) is 72.3 Å². The second-order valence-electron chi connectivity index (χ2n) is 7.93. The van der Waals surface area contributed by atoms with E-state index >= 15 is 0 Å². The average molecular weight is 409 g/mol. The zero-order chi connectivity index (χ0) is 20.1. The molecule has 0 N–H and O–H groups in total. The van der Waals surface area contributed by atoms with E-state index in [1.165, 1.54) is 44.7 Å². The predicted octanol–water partition coefficient (Wildman–Crippen LogP) is 7.03. The molecule has 5 aromatic rings. The molecule has 3 heteroatoms.